The molecule has 5 heteroatoms. The normalized spacial score (nSPS) is 10.6. The van der Waals surface area contributed by atoms with E-state index in [-0.39, 0.29) is 5.91 Å². The van der Waals surface area contributed by atoms with Gasteiger partial charge in [0, 0.05) is 24.2 Å². The number of aromatic nitrogens is 2. The fourth-order valence-corrected chi connectivity index (χ4v) is 2.03. The van der Waals surface area contributed by atoms with Gasteiger partial charge < -0.3 is 4.90 Å². The van der Waals surface area contributed by atoms with Crippen LogP contribution in [0, 0.1) is 0 Å². The zero-order valence-corrected chi connectivity index (χ0v) is 12.4. The van der Waals surface area contributed by atoms with Crippen molar-refractivity contribution in [3.63, 3.8) is 0 Å². The van der Waals surface area contributed by atoms with Crippen LogP contribution in [0.5, 0.6) is 0 Å². The molecule has 0 spiro atoms. The molecule has 4 nitrogen and oxygen atoms in total. The number of amides is 1. The number of carbonyl (C=O) groups is 1. The third-order valence-corrected chi connectivity index (χ3v) is 3.39. The summed E-state index contributed by atoms with van der Waals surface area (Å²) in [5.41, 5.74) is 2.18. The molecule has 2 rings (SSSR count). The van der Waals surface area contributed by atoms with Gasteiger partial charge in [0.15, 0.2) is 0 Å². The summed E-state index contributed by atoms with van der Waals surface area (Å²) in [5.74, 6) is -0.0360. The van der Waals surface area contributed by atoms with Crippen LogP contribution in [0.3, 0.4) is 0 Å². The average Bonchev–Trinajstić information content (AvgIpc) is 2.94. The van der Waals surface area contributed by atoms with Gasteiger partial charge in [0.25, 0.3) is 5.91 Å². The van der Waals surface area contributed by atoms with Crippen molar-refractivity contribution >= 4 is 17.5 Å². The van der Waals surface area contributed by atoms with Gasteiger partial charge in [-0.05, 0) is 24.6 Å². The smallest absolute Gasteiger partial charge is 0.271 e. The predicted octanol–water partition coefficient (Wildman–Crippen LogP) is 3.60. The van der Waals surface area contributed by atoms with Gasteiger partial charge in [0.05, 0.1) is 5.69 Å². The minimum Gasteiger partial charge on any atom is -0.340 e. The lowest BCUT2D eigenvalue weighted by molar-refractivity contribution is 0.0787. The van der Waals surface area contributed by atoms with Gasteiger partial charge in [-0.3, -0.25) is 9.89 Å². The van der Waals surface area contributed by atoms with E-state index in [4.69, 9.17) is 11.6 Å². The highest BCUT2D eigenvalue weighted by Crippen LogP contribution is 2.20. The number of unbranched alkanes of at least 4 members (excludes halogenated alkanes) is 1. The fourth-order valence-electron chi connectivity index (χ4n) is 1.90. The predicted molar refractivity (Wildman–Crippen MR) is 80.9 cm³/mol. The molecular weight excluding hydrogens is 274 g/mol. The van der Waals surface area contributed by atoms with Crippen LogP contribution in [-0.2, 0) is 0 Å². The minimum absolute atomic E-state index is 0.0360. The van der Waals surface area contributed by atoms with Crippen molar-refractivity contribution in [3.05, 3.63) is 41.0 Å². The number of aromatic amines is 1. The number of nitrogens with zero attached hydrogens (tertiary/aromatic N) is 2. The first-order valence-electron chi connectivity index (χ1n) is 6.68. The average molecular weight is 292 g/mol. The summed E-state index contributed by atoms with van der Waals surface area (Å²) >= 11 is 5.86. The topological polar surface area (TPSA) is 49.0 Å². The molecule has 0 saturated carbocycles. The second kappa shape index (κ2) is 6.57. The summed E-state index contributed by atoms with van der Waals surface area (Å²) < 4.78 is 0. The van der Waals surface area contributed by atoms with Crippen LogP contribution in [0.1, 0.15) is 30.3 Å². The van der Waals surface area contributed by atoms with E-state index in [0.29, 0.717) is 10.7 Å². The molecule has 1 aromatic heterocycles. The lowest BCUT2D eigenvalue weighted by Crippen LogP contribution is -2.27. The van der Waals surface area contributed by atoms with E-state index in [1.807, 2.05) is 12.1 Å². The van der Waals surface area contributed by atoms with E-state index in [1.165, 1.54) is 0 Å². The SMILES string of the molecule is CCCCN(C)C(=O)c1cc(-c2ccc(Cl)cc2)n[nH]1. The third-order valence-electron chi connectivity index (χ3n) is 3.14. The van der Waals surface area contributed by atoms with Crippen molar-refractivity contribution in [2.45, 2.75) is 19.8 Å². The Kier molecular flexibility index (Phi) is 4.79. The molecule has 0 aliphatic heterocycles. The molecule has 106 valence electrons. The Bertz CT molecular complexity index is 577. The third kappa shape index (κ3) is 3.39. The van der Waals surface area contributed by atoms with E-state index < -0.39 is 0 Å². The van der Waals surface area contributed by atoms with Crippen LogP contribution in [-0.4, -0.2) is 34.6 Å². The number of rotatable bonds is 5. The molecule has 1 heterocycles. The largest absolute Gasteiger partial charge is 0.340 e. The maximum atomic E-state index is 12.2. The highest BCUT2D eigenvalue weighted by molar-refractivity contribution is 6.30. The van der Waals surface area contributed by atoms with Gasteiger partial charge in [0.1, 0.15) is 5.69 Å². The van der Waals surface area contributed by atoms with E-state index in [2.05, 4.69) is 17.1 Å². The molecule has 0 saturated heterocycles. The van der Waals surface area contributed by atoms with Crippen LogP contribution in [0.15, 0.2) is 30.3 Å². The maximum absolute atomic E-state index is 12.2. The zero-order valence-electron chi connectivity index (χ0n) is 11.7. The first-order chi connectivity index (χ1) is 9.61. The lowest BCUT2D eigenvalue weighted by Gasteiger charge is -2.15. The Morgan fingerprint density at radius 2 is 2.05 bits per heavy atom. The summed E-state index contributed by atoms with van der Waals surface area (Å²) in [6, 6.07) is 9.15. The number of nitrogens with one attached hydrogen (secondary N) is 1. The summed E-state index contributed by atoms with van der Waals surface area (Å²) in [6.45, 7) is 2.86. The van der Waals surface area contributed by atoms with Crippen LogP contribution in [0.25, 0.3) is 11.3 Å². The Morgan fingerprint density at radius 3 is 2.70 bits per heavy atom. The standard InChI is InChI=1S/C15H18ClN3O/c1-3-4-9-19(2)15(20)14-10-13(17-18-14)11-5-7-12(16)8-6-11/h5-8,10H,3-4,9H2,1-2H3,(H,17,18). The minimum atomic E-state index is -0.0360. The van der Waals surface area contributed by atoms with E-state index >= 15 is 0 Å². The van der Waals surface area contributed by atoms with Crippen LogP contribution in [0.2, 0.25) is 5.02 Å². The van der Waals surface area contributed by atoms with Crippen molar-refractivity contribution in [2.24, 2.45) is 0 Å². The molecule has 1 N–H and O–H groups in total. The van der Waals surface area contributed by atoms with Crippen molar-refractivity contribution in [1.82, 2.24) is 15.1 Å². The Labute approximate surface area is 123 Å². The molecule has 0 aliphatic carbocycles. The van der Waals surface area contributed by atoms with E-state index in [9.17, 15) is 4.79 Å². The van der Waals surface area contributed by atoms with Crippen molar-refractivity contribution < 1.29 is 4.79 Å². The second-order valence-electron chi connectivity index (χ2n) is 4.75. The van der Waals surface area contributed by atoms with Crippen LogP contribution < -0.4 is 0 Å². The first kappa shape index (κ1) is 14.6. The quantitative estimate of drug-likeness (QED) is 0.915. The highest BCUT2D eigenvalue weighted by Gasteiger charge is 2.14. The summed E-state index contributed by atoms with van der Waals surface area (Å²) in [5, 5.41) is 7.67. The van der Waals surface area contributed by atoms with Gasteiger partial charge in [-0.1, -0.05) is 37.1 Å². The monoisotopic (exact) mass is 291 g/mol. The van der Waals surface area contributed by atoms with Crippen molar-refractivity contribution in [1.29, 1.82) is 0 Å². The van der Waals surface area contributed by atoms with E-state index in [1.54, 1.807) is 30.1 Å². The molecule has 0 bridgehead atoms. The highest BCUT2D eigenvalue weighted by atomic mass is 35.5. The van der Waals surface area contributed by atoms with Gasteiger partial charge in [-0.15, -0.1) is 0 Å². The number of halogens is 1. The Balaban J connectivity index is 2.12. The second-order valence-corrected chi connectivity index (χ2v) is 5.19. The first-order valence-corrected chi connectivity index (χ1v) is 7.06. The number of benzene rings is 1. The van der Waals surface area contributed by atoms with Gasteiger partial charge in [-0.2, -0.15) is 5.10 Å². The molecule has 1 aromatic carbocycles. The molecule has 0 atom stereocenters. The summed E-state index contributed by atoms with van der Waals surface area (Å²) in [7, 11) is 1.81. The molecular formula is C15H18ClN3O. The summed E-state index contributed by atoms with van der Waals surface area (Å²) in [6.07, 6.45) is 2.07. The Morgan fingerprint density at radius 1 is 1.35 bits per heavy atom. The molecule has 2 aromatic rings. The van der Waals surface area contributed by atoms with Crippen molar-refractivity contribution in [2.75, 3.05) is 13.6 Å². The van der Waals surface area contributed by atoms with E-state index in [0.717, 1.165) is 30.6 Å². The van der Waals surface area contributed by atoms with Gasteiger partial charge in [0.2, 0.25) is 0 Å². The molecule has 0 unspecified atom stereocenters. The zero-order chi connectivity index (χ0) is 14.5. The number of hydrogen-bond acceptors (Lipinski definition) is 2. The molecule has 0 aliphatic rings. The molecule has 1 amide bonds. The number of H-pyrrole nitrogens is 1. The maximum Gasteiger partial charge on any atom is 0.271 e. The lowest BCUT2D eigenvalue weighted by atomic mass is 10.1. The Hall–Kier alpha value is -1.81. The van der Waals surface area contributed by atoms with Crippen molar-refractivity contribution in [3.8, 4) is 11.3 Å². The van der Waals surface area contributed by atoms with Gasteiger partial charge >= 0.3 is 0 Å². The van der Waals surface area contributed by atoms with Gasteiger partial charge in [-0.25, -0.2) is 0 Å². The molecule has 0 radical (unpaired) electrons. The number of hydrogen-bond donors (Lipinski definition) is 1. The molecule has 0 fully saturated rings. The fraction of sp³-hybridized carbons (Fsp3) is 0.333. The summed E-state index contributed by atoms with van der Waals surface area (Å²) in [4.78, 5) is 13.9. The van der Waals surface area contributed by atoms with Crippen LogP contribution >= 0.6 is 11.6 Å². The molecule has 20 heavy (non-hydrogen) atoms. The number of carbonyl (C=O) groups excluding carboxylic acids is 1. The van der Waals surface area contributed by atoms with Crippen LogP contribution in [0.4, 0.5) is 0 Å².